The first-order chi connectivity index (χ1) is 23.5. The molecule has 13 heteroatoms. The van der Waals surface area contributed by atoms with Crippen molar-refractivity contribution in [3.8, 4) is 11.5 Å². The van der Waals surface area contributed by atoms with Crippen molar-refractivity contribution >= 4 is 35.2 Å². The number of aromatic nitrogens is 2. The molecule has 2 saturated heterocycles. The van der Waals surface area contributed by atoms with Crippen LogP contribution >= 0.6 is 11.6 Å². The van der Waals surface area contributed by atoms with Crippen molar-refractivity contribution in [2.75, 3.05) is 46.9 Å². The van der Waals surface area contributed by atoms with Crippen molar-refractivity contribution in [1.29, 1.82) is 0 Å². The van der Waals surface area contributed by atoms with Crippen LogP contribution in [0.3, 0.4) is 0 Å². The largest absolute Gasteiger partial charge is 0.493 e. The minimum absolute atomic E-state index is 0.0332. The van der Waals surface area contributed by atoms with E-state index >= 15 is 0 Å². The Labute approximate surface area is 293 Å². The Bertz CT molecular complexity index is 1540. The highest BCUT2D eigenvalue weighted by Crippen LogP contribution is 2.37. The van der Waals surface area contributed by atoms with Crippen molar-refractivity contribution in [2.45, 2.75) is 52.6 Å². The van der Waals surface area contributed by atoms with Crippen LogP contribution in [0.5, 0.6) is 11.5 Å². The van der Waals surface area contributed by atoms with Crippen molar-refractivity contribution < 1.29 is 28.7 Å². The van der Waals surface area contributed by atoms with Crippen LogP contribution < -0.4 is 20.1 Å². The number of methoxy groups -OCH3 is 1. The second-order valence-electron chi connectivity index (χ2n) is 12.6. The summed E-state index contributed by atoms with van der Waals surface area (Å²) in [5.74, 6) is -1.43. The second-order valence-corrected chi connectivity index (χ2v) is 13.1. The lowest BCUT2D eigenvalue weighted by molar-refractivity contribution is -0.131. The predicted octanol–water partition coefficient (Wildman–Crippen LogP) is 4.31. The number of piperidine rings is 1. The summed E-state index contributed by atoms with van der Waals surface area (Å²) in [4.78, 5) is 63.1. The zero-order valence-corrected chi connectivity index (χ0v) is 29.7. The van der Waals surface area contributed by atoms with Gasteiger partial charge >= 0.3 is 0 Å². The van der Waals surface area contributed by atoms with Crippen molar-refractivity contribution in [3.05, 3.63) is 70.8 Å². The number of benzene rings is 1. The predicted molar refractivity (Wildman–Crippen MR) is 187 cm³/mol. The van der Waals surface area contributed by atoms with Crippen LogP contribution in [0.15, 0.2) is 54.4 Å². The monoisotopic (exact) mass is 694 g/mol. The molecule has 2 aromatic rings. The molecule has 1 aromatic heterocycles. The molecule has 12 nitrogen and oxygen atoms in total. The number of likely N-dealkylation sites (N-methyl/N-ethyl adjacent to an activating group) is 1. The van der Waals surface area contributed by atoms with Gasteiger partial charge in [-0.25, -0.2) is 9.97 Å². The summed E-state index contributed by atoms with van der Waals surface area (Å²) in [6, 6.07) is 5.03. The summed E-state index contributed by atoms with van der Waals surface area (Å²) in [6.07, 6.45) is 14.4. The number of rotatable bonds is 10. The van der Waals surface area contributed by atoms with Crippen LogP contribution in [-0.2, 0) is 9.59 Å². The van der Waals surface area contributed by atoms with Crippen LogP contribution in [0, 0.1) is 17.8 Å². The first kappa shape index (κ1) is 37.4. The number of nitrogens with zero attached hydrogens (tertiary/aromatic N) is 4. The van der Waals surface area contributed by atoms with Crippen LogP contribution in [0.2, 0.25) is 5.02 Å². The molecule has 3 atom stereocenters. The number of hydrogen-bond acceptors (Lipinski definition) is 8. The summed E-state index contributed by atoms with van der Waals surface area (Å²) >= 11 is 5.87. The molecule has 49 heavy (non-hydrogen) atoms. The van der Waals surface area contributed by atoms with E-state index in [1.54, 1.807) is 28.7 Å². The van der Waals surface area contributed by atoms with E-state index in [2.05, 4.69) is 45.8 Å². The van der Waals surface area contributed by atoms with Crippen molar-refractivity contribution in [3.63, 3.8) is 0 Å². The normalized spacial score (nSPS) is 19.7. The molecule has 2 aliphatic heterocycles. The van der Waals surface area contributed by atoms with Gasteiger partial charge in [-0.3, -0.25) is 19.2 Å². The lowest BCUT2D eigenvalue weighted by Gasteiger charge is -2.39. The minimum Gasteiger partial charge on any atom is -0.493 e. The minimum atomic E-state index is -0.645. The lowest BCUT2D eigenvalue weighted by Crippen LogP contribution is -2.54. The molecule has 0 radical (unpaired) electrons. The SMILES string of the molecule is CCCC1=CC=CCC1.CNC(=O)CNC(=O)C1CN(C(=O)c2ncc(Cl)cn2)CC2CN(C(=O)c3ccc(OC(C)C)c(OC)c3)CC21. The number of allylic oxidation sites excluding steroid dienone is 4. The zero-order chi connectivity index (χ0) is 35.5. The first-order valence-electron chi connectivity index (χ1n) is 16.8. The second kappa shape index (κ2) is 17.8. The van der Waals surface area contributed by atoms with Crippen LogP contribution in [0.4, 0.5) is 0 Å². The quantitative estimate of drug-likeness (QED) is 0.375. The standard InChI is InChI=1S/C27H33ClN6O6.C9H14/c1-15(2)40-21-6-5-16(7-22(21)39-4)26(37)33-11-17-12-34(27(38)24-30-8-18(28)9-31-24)14-20(19(17)13-33)25(36)32-10-23(35)29-3;1-2-6-9-7-4-3-5-8-9/h5-9,15,17,19-20H,10-14H2,1-4H3,(H,29,35)(H,32,36);3-4,7H,2,5-6,8H2,1H3. The highest BCUT2D eigenvalue weighted by Gasteiger charge is 2.48. The van der Waals surface area contributed by atoms with Gasteiger partial charge in [-0.2, -0.15) is 0 Å². The number of fused-ring (bicyclic) bond motifs is 1. The van der Waals surface area contributed by atoms with Gasteiger partial charge in [-0.1, -0.05) is 48.7 Å². The third-order valence-electron chi connectivity index (χ3n) is 8.75. The average molecular weight is 695 g/mol. The fourth-order valence-electron chi connectivity index (χ4n) is 6.35. The Morgan fingerprint density at radius 2 is 1.73 bits per heavy atom. The molecular weight excluding hydrogens is 648 g/mol. The molecule has 5 rings (SSSR count). The van der Waals surface area contributed by atoms with E-state index in [-0.39, 0.29) is 54.6 Å². The van der Waals surface area contributed by atoms with Crippen molar-refractivity contribution in [1.82, 2.24) is 30.4 Å². The van der Waals surface area contributed by atoms with E-state index in [0.29, 0.717) is 41.7 Å². The van der Waals surface area contributed by atoms with Gasteiger partial charge in [0.2, 0.25) is 17.6 Å². The van der Waals surface area contributed by atoms with E-state index in [1.165, 1.54) is 57.1 Å². The topological polar surface area (TPSA) is 143 Å². The third-order valence-corrected chi connectivity index (χ3v) is 8.94. The number of ether oxygens (including phenoxy) is 2. The summed E-state index contributed by atoms with van der Waals surface area (Å²) in [5.41, 5.74) is 2.05. The zero-order valence-electron chi connectivity index (χ0n) is 28.9. The maximum atomic E-state index is 13.6. The molecule has 3 heterocycles. The molecule has 0 spiro atoms. The van der Waals surface area contributed by atoms with Gasteiger partial charge in [0, 0.05) is 51.2 Å². The third kappa shape index (κ3) is 10.0. The molecule has 3 unspecified atom stereocenters. The number of halogens is 1. The Morgan fingerprint density at radius 3 is 2.35 bits per heavy atom. The highest BCUT2D eigenvalue weighted by atomic mass is 35.5. The first-order valence-corrected chi connectivity index (χ1v) is 17.2. The summed E-state index contributed by atoms with van der Waals surface area (Å²) in [7, 11) is 2.99. The molecule has 2 N–H and O–H groups in total. The van der Waals surface area contributed by atoms with E-state index in [0.717, 1.165) is 0 Å². The fraction of sp³-hybridized carbons (Fsp3) is 0.500. The van der Waals surface area contributed by atoms with Gasteiger partial charge in [-0.05, 0) is 63.1 Å². The molecule has 1 aliphatic carbocycles. The van der Waals surface area contributed by atoms with E-state index in [4.69, 9.17) is 21.1 Å². The van der Waals surface area contributed by atoms with E-state index < -0.39 is 11.8 Å². The molecule has 0 bridgehead atoms. The maximum Gasteiger partial charge on any atom is 0.291 e. The maximum absolute atomic E-state index is 13.6. The van der Waals surface area contributed by atoms with Gasteiger partial charge in [0.05, 0.1) is 30.7 Å². The number of nitrogens with one attached hydrogen (secondary N) is 2. The highest BCUT2D eigenvalue weighted by molar-refractivity contribution is 6.30. The molecule has 3 aliphatic rings. The Kier molecular flexibility index (Phi) is 13.6. The van der Waals surface area contributed by atoms with Crippen LogP contribution in [0.25, 0.3) is 0 Å². The van der Waals surface area contributed by atoms with Gasteiger partial charge < -0.3 is 29.9 Å². The van der Waals surface area contributed by atoms with E-state index in [1.807, 2.05) is 13.8 Å². The van der Waals surface area contributed by atoms with Gasteiger partial charge in [0.15, 0.2) is 11.5 Å². The number of carbonyl (C=O) groups is 4. The summed E-state index contributed by atoms with van der Waals surface area (Å²) in [5, 5.41) is 5.43. The average Bonchev–Trinajstić information content (AvgIpc) is 3.55. The van der Waals surface area contributed by atoms with Crippen LogP contribution in [-0.4, -0.2) is 96.4 Å². The fourth-order valence-corrected chi connectivity index (χ4v) is 6.45. The Balaban J connectivity index is 0.000000520. The number of amides is 4. The smallest absolute Gasteiger partial charge is 0.291 e. The Hall–Kier alpha value is -4.45. The van der Waals surface area contributed by atoms with Gasteiger partial charge in [-0.15, -0.1) is 0 Å². The Morgan fingerprint density at radius 1 is 1.02 bits per heavy atom. The van der Waals surface area contributed by atoms with E-state index in [9.17, 15) is 19.2 Å². The summed E-state index contributed by atoms with van der Waals surface area (Å²) in [6.45, 7) is 6.95. The van der Waals surface area contributed by atoms with Gasteiger partial charge in [0.25, 0.3) is 11.8 Å². The number of carbonyl (C=O) groups excluding carboxylic acids is 4. The molecule has 2 fully saturated rings. The number of likely N-dealkylation sites (tertiary alicyclic amines) is 2. The van der Waals surface area contributed by atoms with Crippen LogP contribution in [0.1, 0.15) is 67.4 Å². The molecule has 264 valence electrons. The molecule has 1 aromatic carbocycles. The van der Waals surface area contributed by atoms with Gasteiger partial charge in [0.1, 0.15) is 0 Å². The number of hydrogen-bond donors (Lipinski definition) is 2. The summed E-state index contributed by atoms with van der Waals surface area (Å²) < 4.78 is 11.2. The van der Waals surface area contributed by atoms with Crippen molar-refractivity contribution in [2.24, 2.45) is 17.8 Å². The molecule has 0 saturated carbocycles. The molecule has 4 amide bonds. The molecular formula is C36H47ClN6O6. The lowest BCUT2D eigenvalue weighted by atomic mass is 9.79.